The van der Waals surface area contributed by atoms with E-state index >= 15 is 4.39 Å². The molecule has 2 aliphatic rings. The fourth-order valence-corrected chi connectivity index (χ4v) is 6.56. The number of hydrogen-bond donors (Lipinski definition) is 2. The van der Waals surface area contributed by atoms with Crippen LogP contribution in [0.4, 0.5) is 26.4 Å². The van der Waals surface area contributed by atoms with Crippen molar-refractivity contribution in [3.05, 3.63) is 72.4 Å². The molecule has 0 saturated carbocycles. The molecule has 6 rings (SSSR count). The molecule has 2 fully saturated rings. The lowest BCUT2D eigenvalue weighted by Gasteiger charge is -2.39. The number of imide groups is 1. The Hall–Kier alpha value is -5.33. The number of nitrogens with zero attached hydrogens (tertiary/aromatic N) is 6. The Labute approximate surface area is 277 Å². The number of piperidine rings is 1. The summed E-state index contributed by atoms with van der Waals surface area (Å²) < 4.78 is 17.6. The van der Waals surface area contributed by atoms with Gasteiger partial charge < -0.3 is 20.9 Å². The summed E-state index contributed by atoms with van der Waals surface area (Å²) in [7, 11) is 0. The van der Waals surface area contributed by atoms with Gasteiger partial charge in [-0.25, -0.2) is 23.6 Å². The number of carbonyl (C=O) groups is 4. The van der Waals surface area contributed by atoms with Gasteiger partial charge in [-0.3, -0.25) is 14.4 Å². The van der Waals surface area contributed by atoms with Gasteiger partial charge in [-0.05, 0) is 63.1 Å². The van der Waals surface area contributed by atoms with Crippen LogP contribution in [0.2, 0.25) is 0 Å². The molecular formula is C35H39FN8O4. The van der Waals surface area contributed by atoms with Crippen molar-refractivity contribution in [3.8, 4) is 11.1 Å². The maximum absolute atomic E-state index is 15.9. The Morgan fingerprint density at radius 3 is 2.33 bits per heavy atom. The molecular weight excluding hydrogens is 615 g/mol. The monoisotopic (exact) mass is 654 g/mol. The topological polar surface area (TPSA) is 146 Å². The highest BCUT2D eigenvalue weighted by molar-refractivity contribution is 6.23. The van der Waals surface area contributed by atoms with Crippen molar-refractivity contribution in [2.24, 2.45) is 11.8 Å². The molecule has 3 N–H and O–H groups in total. The average molecular weight is 655 g/mol. The largest absolute Gasteiger partial charge is 0.382 e. The molecule has 0 spiro atoms. The highest BCUT2D eigenvalue weighted by atomic mass is 19.1. The number of nitrogens with two attached hydrogens (primary N) is 1. The quantitative estimate of drug-likeness (QED) is 0.269. The van der Waals surface area contributed by atoms with Crippen molar-refractivity contribution in [1.29, 1.82) is 0 Å². The number of fused-ring (bicyclic) bond motifs is 1. The summed E-state index contributed by atoms with van der Waals surface area (Å²) in [6, 6.07) is 13.9. The summed E-state index contributed by atoms with van der Waals surface area (Å²) in [4.78, 5) is 61.3. The number of hydrogen-bond acceptors (Lipinski definition) is 7. The van der Waals surface area contributed by atoms with Crippen molar-refractivity contribution in [2.75, 3.05) is 35.6 Å². The molecule has 4 aromatic rings. The molecule has 0 bridgehead atoms. The fraction of sp³-hybridized carbons (Fsp3) is 0.371. The Balaban J connectivity index is 1.25. The van der Waals surface area contributed by atoms with Crippen LogP contribution in [0, 0.1) is 17.7 Å². The van der Waals surface area contributed by atoms with Gasteiger partial charge >= 0.3 is 6.03 Å². The maximum atomic E-state index is 15.9. The van der Waals surface area contributed by atoms with E-state index in [0.717, 1.165) is 23.4 Å². The minimum Gasteiger partial charge on any atom is -0.382 e. The third-order valence-electron chi connectivity index (χ3n) is 9.14. The number of carbonyl (C=O) groups excluding carboxylic acids is 4. The SMILES string of the molecule is CC(C)C(=O)N1CCC(c2cc(-c3ccc(NC(=O)C4CN(C(C)C)C(=O)N(c5ccccc5)C4=O)cc3F)c3c(N)ncnn23)CC1. The first-order valence-electron chi connectivity index (χ1n) is 16.2. The molecule has 1 atom stereocenters. The number of benzene rings is 2. The van der Waals surface area contributed by atoms with E-state index in [2.05, 4.69) is 15.4 Å². The van der Waals surface area contributed by atoms with Crippen LogP contribution in [-0.4, -0.2) is 73.8 Å². The third kappa shape index (κ3) is 5.96. The highest BCUT2D eigenvalue weighted by Gasteiger charge is 2.44. The number of halogens is 1. The van der Waals surface area contributed by atoms with Gasteiger partial charge in [0.25, 0.3) is 0 Å². The van der Waals surface area contributed by atoms with Gasteiger partial charge in [0, 0.05) is 60.0 Å². The molecule has 2 aromatic carbocycles. The highest BCUT2D eigenvalue weighted by Crippen LogP contribution is 2.38. The number of nitrogens with one attached hydrogen (secondary N) is 1. The number of amides is 5. The van der Waals surface area contributed by atoms with Crippen LogP contribution in [0.25, 0.3) is 16.6 Å². The first kappa shape index (κ1) is 32.6. The summed E-state index contributed by atoms with van der Waals surface area (Å²) in [5.41, 5.74) is 8.89. The van der Waals surface area contributed by atoms with Gasteiger partial charge in [0.15, 0.2) is 5.82 Å². The Kier molecular flexibility index (Phi) is 8.87. The van der Waals surface area contributed by atoms with Crippen molar-refractivity contribution in [3.63, 3.8) is 0 Å². The third-order valence-corrected chi connectivity index (χ3v) is 9.14. The standard InChI is InChI=1S/C35H39FN8O4/c1-20(2)33(46)41-14-12-22(13-15-41)29-17-26(30-31(37)38-19-39-44(29)30)25-11-10-23(16-28(25)36)40-32(45)27-18-42(21(3)4)35(48)43(34(27)47)24-8-6-5-7-9-24/h5-11,16-17,19-22,27H,12-15,18H2,1-4H3,(H,40,45)(H2,37,38,39). The van der Waals surface area contributed by atoms with Crippen LogP contribution < -0.4 is 16.0 Å². The molecule has 2 saturated heterocycles. The smallest absolute Gasteiger partial charge is 0.331 e. The Bertz CT molecular complexity index is 1880. The molecule has 5 amide bonds. The normalized spacial score (nSPS) is 17.6. The van der Waals surface area contributed by atoms with E-state index in [4.69, 9.17) is 5.73 Å². The number of likely N-dealkylation sites (tertiary alicyclic amines) is 1. The second-order valence-electron chi connectivity index (χ2n) is 12.9. The zero-order chi connectivity index (χ0) is 34.3. The summed E-state index contributed by atoms with van der Waals surface area (Å²) in [6.07, 6.45) is 2.81. The maximum Gasteiger partial charge on any atom is 0.331 e. The van der Waals surface area contributed by atoms with E-state index in [9.17, 15) is 19.2 Å². The van der Waals surface area contributed by atoms with Crippen LogP contribution in [0.1, 0.15) is 52.1 Å². The summed E-state index contributed by atoms with van der Waals surface area (Å²) >= 11 is 0. The van der Waals surface area contributed by atoms with Gasteiger partial charge in [-0.1, -0.05) is 32.0 Å². The van der Waals surface area contributed by atoms with Crippen molar-refractivity contribution in [1.82, 2.24) is 24.4 Å². The molecule has 250 valence electrons. The van der Waals surface area contributed by atoms with Crippen LogP contribution in [0.5, 0.6) is 0 Å². The van der Waals surface area contributed by atoms with Gasteiger partial charge in [-0.15, -0.1) is 0 Å². The van der Waals surface area contributed by atoms with Gasteiger partial charge in [0.2, 0.25) is 17.7 Å². The van der Waals surface area contributed by atoms with Crippen LogP contribution in [-0.2, 0) is 14.4 Å². The lowest BCUT2D eigenvalue weighted by Crippen LogP contribution is -2.61. The zero-order valence-corrected chi connectivity index (χ0v) is 27.4. The van der Waals surface area contributed by atoms with Crippen LogP contribution in [0.15, 0.2) is 60.9 Å². The average Bonchev–Trinajstić information content (AvgIpc) is 3.45. The Morgan fingerprint density at radius 1 is 0.979 bits per heavy atom. The minimum absolute atomic E-state index is 0.0687. The summed E-state index contributed by atoms with van der Waals surface area (Å²) in [5.74, 6) is -2.81. The predicted octanol–water partition coefficient (Wildman–Crippen LogP) is 4.91. The van der Waals surface area contributed by atoms with Crippen molar-refractivity contribution >= 4 is 46.5 Å². The van der Waals surface area contributed by atoms with E-state index in [1.54, 1.807) is 47.0 Å². The van der Waals surface area contributed by atoms with E-state index in [1.165, 1.54) is 17.3 Å². The second-order valence-corrected chi connectivity index (χ2v) is 12.9. The van der Waals surface area contributed by atoms with E-state index in [0.29, 0.717) is 29.9 Å². The number of anilines is 3. The van der Waals surface area contributed by atoms with Crippen molar-refractivity contribution < 1.29 is 23.6 Å². The van der Waals surface area contributed by atoms with Crippen LogP contribution >= 0.6 is 0 Å². The zero-order valence-electron chi connectivity index (χ0n) is 27.4. The molecule has 2 aromatic heterocycles. The predicted molar refractivity (Wildman–Crippen MR) is 179 cm³/mol. The Morgan fingerprint density at radius 2 is 1.69 bits per heavy atom. The fourth-order valence-electron chi connectivity index (χ4n) is 6.56. The number of aromatic nitrogens is 3. The molecule has 13 heteroatoms. The summed E-state index contributed by atoms with van der Waals surface area (Å²) in [6.45, 7) is 8.53. The minimum atomic E-state index is -1.20. The molecule has 2 aliphatic heterocycles. The first-order chi connectivity index (χ1) is 23.0. The van der Waals surface area contributed by atoms with E-state index in [1.807, 2.05) is 38.7 Å². The van der Waals surface area contributed by atoms with Gasteiger partial charge in [-0.2, -0.15) is 5.10 Å². The summed E-state index contributed by atoms with van der Waals surface area (Å²) in [5, 5.41) is 7.13. The molecule has 0 radical (unpaired) electrons. The molecule has 4 heterocycles. The molecule has 12 nitrogen and oxygen atoms in total. The van der Waals surface area contributed by atoms with Gasteiger partial charge in [0.05, 0.1) is 5.69 Å². The number of urea groups is 1. The second kappa shape index (κ2) is 13.1. The molecule has 48 heavy (non-hydrogen) atoms. The molecule has 1 unspecified atom stereocenters. The van der Waals surface area contributed by atoms with Crippen LogP contribution in [0.3, 0.4) is 0 Å². The molecule has 0 aliphatic carbocycles. The number of nitrogen functional groups attached to an aromatic ring is 1. The van der Waals surface area contributed by atoms with Gasteiger partial charge in [0.1, 0.15) is 23.6 Å². The number of para-hydroxylation sites is 1. The lowest BCUT2D eigenvalue weighted by molar-refractivity contribution is -0.135. The van der Waals surface area contributed by atoms with Crippen molar-refractivity contribution in [2.45, 2.75) is 52.5 Å². The first-order valence-corrected chi connectivity index (χ1v) is 16.2. The lowest BCUT2D eigenvalue weighted by atomic mass is 9.92. The van der Waals surface area contributed by atoms with E-state index < -0.39 is 29.6 Å². The van der Waals surface area contributed by atoms with E-state index in [-0.39, 0.29) is 47.4 Å². The number of rotatable bonds is 7.